The highest BCUT2D eigenvalue weighted by Crippen LogP contribution is 2.15. The number of hydrogen-bond donors (Lipinski definition) is 3. The molecule has 110 valence electrons. The van der Waals surface area contributed by atoms with Crippen LogP contribution in [-0.2, 0) is 6.54 Å². The van der Waals surface area contributed by atoms with Crippen LogP contribution in [0.1, 0.15) is 15.9 Å². The second-order valence-electron chi connectivity index (χ2n) is 4.88. The molecular weight excluding hydrogens is 278 g/mol. The van der Waals surface area contributed by atoms with E-state index >= 15 is 0 Å². The molecule has 0 saturated carbocycles. The van der Waals surface area contributed by atoms with Gasteiger partial charge in [-0.05, 0) is 35.9 Å². The van der Waals surface area contributed by atoms with Crippen LogP contribution >= 0.6 is 0 Å². The zero-order chi connectivity index (χ0) is 15.4. The van der Waals surface area contributed by atoms with E-state index in [4.69, 9.17) is 5.21 Å². The fraction of sp³-hybridized carbons (Fsp3) is 0.0588. The Hall–Kier alpha value is -2.92. The Morgan fingerprint density at radius 1 is 1.00 bits per heavy atom. The topological polar surface area (TPSA) is 74.2 Å². The summed E-state index contributed by atoms with van der Waals surface area (Å²) in [6.07, 6.45) is 0. The molecule has 0 unspecified atom stereocenters. The number of rotatable bonds is 4. The maximum absolute atomic E-state index is 11.2. The number of carbonyl (C=O) groups excluding carboxylic acids is 1. The van der Waals surface area contributed by atoms with Crippen LogP contribution in [0.2, 0.25) is 0 Å². The quantitative estimate of drug-likeness (QED) is 0.511. The van der Waals surface area contributed by atoms with Crippen molar-refractivity contribution in [1.82, 2.24) is 10.5 Å². The first-order valence-electron chi connectivity index (χ1n) is 6.89. The van der Waals surface area contributed by atoms with Crippen molar-refractivity contribution in [2.75, 3.05) is 5.32 Å². The van der Waals surface area contributed by atoms with E-state index in [0.29, 0.717) is 12.1 Å². The lowest BCUT2D eigenvalue weighted by molar-refractivity contribution is 0.0706. The predicted molar refractivity (Wildman–Crippen MR) is 84.8 cm³/mol. The van der Waals surface area contributed by atoms with Gasteiger partial charge in [0.15, 0.2) is 0 Å². The third-order valence-corrected chi connectivity index (χ3v) is 3.39. The normalized spacial score (nSPS) is 10.4. The minimum atomic E-state index is -0.518. The number of aromatic nitrogens is 1. The summed E-state index contributed by atoms with van der Waals surface area (Å²) in [5, 5.41) is 12.9. The molecule has 5 nitrogen and oxygen atoms in total. The van der Waals surface area contributed by atoms with E-state index in [0.717, 1.165) is 22.3 Å². The number of para-hydroxylation sites is 1. The first-order chi connectivity index (χ1) is 10.8. The molecule has 0 saturated heterocycles. The molecule has 0 spiro atoms. The average Bonchev–Trinajstić information content (AvgIpc) is 2.59. The fourth-order valence-electron chi connectivity index (χ4n) is 2.20. The summed E-state index contributed by atoms with van der Waals surface area (Å²) in [7, 11) is 0. The first kappa shape index (κ1) is 14.0. The lowest BCUT2D eigenvalue weighted by Crippen LogP contribution is -2.18. The van der Waals surface area contributed by atoms with E-state index in [-0.39, 0.29) is 0 Å². The van der Waals surface area contributed by atoms with Crippen molar-refractivity contribution in [2.45, 2.75) is 6.54 Å². The lowest BCUT2D eigenvalue weighted by atomic mass is 10.1. The van der Waals surface area contributed by atoms with Crippen LogP contribution < -0.4 is 10.8 Å². The third kappa shape index (κ3) is 3.05. The molecule has 1 heterocycles. The molecule has 0 aliphatic carbocycles. The molecule has 1 aromatic heterocycles. The van der Waals surface area contributed by atoms with E-state index in [1.54, 1.807) is 17.6 Å². The molecule has 5 heteroatoms. The van der Waals surface area contributed by atoms with Crippen molar-refractivity contribution in [1.29, 1.82) is 0 Å². The van der Waals surface area contributed by atoms with Gasteiger partial charge in [-0.2, -0.15) is 0 Å². The minimum Gasteiger partial charge on any atom is -0.366 e. The summed E-state index contributed by atoms with van der Waals surface area (Å²) in [5.74, 6) is 0.284. The molecule has 0 aliphatic heterocycles. The van der Waals surface area contributed by atoms with Crippen LogP contribution in [0.4, 0.5) is 5.82 Å². The Bertz CT molecular complexity index is 800. The molecule has 0 radical (unpaired) electrons. The molecule has 1 amide bonds. The summed E-state index contributed by atoms with van der Waals surface area (Å²) in [6.45, 7) is 0.604. The number of anilines is 1. The van der Waals surface area contributed by atoms with Gasteiger partial charge in [0.05, 0.1) is 5.52 Å². The van der Waals surface area contributed by atoms with Crippen LogP contribution in [-0.4, -0.2) is 16.1 Å². The van der Waals surface area contributed by atoms with Gasteiger partial charge in [0.2, 0.25) is 0 Å². The molecule has 3 N–H and O–H groups in total. The van der Waals surface area contributed by atoms with Gasteiger partial charge in [-0.25, -0.2) is 10.5 Å². The van der Waals surface area contributed by atoms with Gasteiger partial charge in [-0.15, -0.1) is 0 Å². The van der Waals surface area contributed by atoms with Crippen molar-refractivity contribution >= 4 is 22.6 Å². The zero-order valence-electron chi connectivity index (χ0n) is 11.8. The van der Waals surface area contributed by atoms with E-state index in [9.17, 15) is 4.79 Å². The number of nitrogens with zero attached hydrogens (tertiary/aromatic N) is 1. The van der Waals surface area contributed by atoms with Crippen molar-refractivity contribution in [3.63, 3.8) is 0 Å². The average molecular weight is 293 g/mol. The second kappa shape index (κ2) is 6.24. The number of hydroxylamine groups is 1. The summed E-state index contributed by atoms with van der Waals surface area (Å²) in [4.78, 5) is 15.8. The van der Waals surface area contributed by atoms with Crippen molar-refractivity contribution < 1.29 is 10.0 Å². The zero-order valence-corrected chi connectivity index (χ0v) is 11.8. The Balaban J connectivity index is 1.69. The summed E-state index contributed by atoms with van der Waals surface area (Å²) < 4.78 is 0. The van der Waals surface area contributed by atoms with E-state index in [1.807, 2.05) is 48.5 Å². The molecule has 22 heavy (non-hydrogen) atoms. The number of amides is 1. The van der Waals surface area contributed by atoms with Crippen molar-refractivity contribution in [3.8, 4) is 0 Å². The SMILES string of the molecule is O=C(NO)c1ccc(CNc2ccc3ccccc3n2)cc1. The molecule has 0 atom stereocenters. The first-order valence-corrected chi connectivity index (χ1v) is 6.89. The van der Waals surface area contributed by atoms with Gasteiger partial charge < -0.3 is 5.32 Å². The Morgan fingerprint density at radius 2 is 1.77 bits per heavy atom. The Morgan fingerprint density at radius 3 is 2.55 bits per heavy atom. The van der Waals surface area contributed by atoms with Crippen LogP contribution in [0.5, 0.6) is 0 Å². The number of fused-ring (bicyclic) bond motifs is 1. The molecule has 2 aromatic carbocycles. The Labute approximate surface area is 127 Å². The van der Waals surface area contributed by atoms with Crippen LogP contribution in [0.15, 0.2) is 60.7 Å². The summed E-state index contributed by atoms with van der Waals surface area (Å²) in [6, 6.07) is 18.9. The fourth-order valence-corrected chi connectivity index (χ4v) is 2.20. The number of nitrogens with one attached hydrogen (secondary N) is 2. The summed E-state index contributed by atoms with van der Waals surface area (Å²) >= 11 is 0. The lowest BCUT2D eigenvalue weighted by Gasteiger charge is -2.07. The van der Waals surface area contributed by atoms with Gasteiger partial charge in [-0.1, -0.05) is 30.3 Å². The number of benzene rings is 2. The van der Waals surface area contributed by atoms with E-state index in [2.05, 4.69) is 10.3 Å². The Kier molecular flexibility index (Phi) is 3.98. The number of pyridine rings is 1. The molecule has 0 bridgehead atoms. The smallest absolute Gasteiger partial charge is 0.274 e. The maximum atomic E-state index is 11.2. The van der Waals surface area contributed by atoms with Gasteiger partial charge in [0.1, 0.15) is 5.82 Å². The van der Waals surface area contributed by atoms with Crippen molar-refractivity contribution in [3.05, 3.63) is 71.8 Å². The minimum absolute atomic E-state index is 0.412. The standard InChI is InChI=1S/C17H15N3O2/c21-17(20-22)14-7-5-12(6-8-14)11-18-16-10-9-13-3-1-2-4-15(13)19-16/h1-10,22H,11H2,(H,18,19)(H,20,21). The van der Waals surface area contributed by atoms with E-state index in [1.165, 1.54) is 0 Å². The molecule has 0 aliphatic rings. The highest BCUT2D eigenvalue weighted by atomic mass is 16.5. The van der Waals surface area contributed by atoms with Gasteiger partial charge >= 0.3 is 0 Å². The molecule has 3 aromatic rings. The highest BCUT2D eigenvalue weighted by molar-refractivity contribution is 5.93. The molecule has 3 rings (SSSR count). The van der Waals surface area contributed by atoms with Gasteiger partial charge in [0, 0.05) is 17.5 Å². The summed E-state index contributed by atoms with van der Waals surface area (Å²) in [5.41, 5.74) is 3.99. The van der Waals surface area contributed by atoms with Crippen LogP contribution in [0, 0.1) is 0 Å². The molecule has 0 fully saturated rings. The predicted octanol–water partition coefficient (Wildman–Crippen LogP) is 2.97. The largest absolute Gasteiger partial charge is 0.366 e. The van der Waals surface area contributed by atoms with Crippen LogP contribution in [0.3, 0.4) is 0 Å². The monoisotopic (exact) mass is 293 g/mol. The molecular formula is C17H15N3O2. The van der Waals surface area contributed by atoms with Gasteiger partial charge in [0.25, 0.3) is 5.91 Å². The maximum Gasteiger partial charge on any atom is 0.274 e. The second-order valence-corrected chi connectivity index (χ2v) is 4.88. The van der Waals surface area contributed by atoms with Gasteiger partial charge in [-0.3, -0.25) is 10.0 Å². The van der Waals surface area contributed by atoms with E-state index < -0.39 is 5.91 Å². The third-order valence-electron chi connectivity index (χ3n) is 3.39. The number of hydrogen-bond acceptors (Lipinski definition) is 4. The highest BCUT2D eigenvalue weighted by Gasteiger charge is 2.03. The number of carbonyl (C=O) groups is 1. The van der Waals surface area contributed by atoms with Crippen molar-refractivity contribution in [2.24, 2.45) is 0 Å². The van der Waals surface area contributed by atoms with Crippen LogP contribution in [0.25, 0.3) is 10.9 Å².